The number of aromatic nitrogens is 4. The average molecular weight is 641 g/mol. The van der Waals surface area contributed by atoms with E-state index in [9.17, 15) is 0 Å². The highest BCUT2D eigenvalue weighted by atomic mass is 16.3. The van der Waals surface area contributed by atoms with Crippen LogP contribution in [-0.4, -0.2) is 19.5 Å². The Morgan fingerprint density at radius 1 is 0.380 bits per heavy atom. The maximum absolute atomic E-state index is 7.03. The fourth-order valence-electron chi connectivity index (χ4n) is 7.13. The summed E-state index contributed by atoms with van der Waals surface area (Å²) in [7, 11) is 0. The van der Waals surface area contributed by atoms with E-state index < -0.39 is 0 Å². The quantitative estimate of drug-likeness (QED) is 0.188. The van der Waals surface area contributed by atoms with Crippen molar-refractivity contribution >= 4 is 43.7 Å². The van der Waals surface area contributed by atoms with Crippen molar-refractivity contribution in [3.8, 4) is 51.0 Å². The molecule has 0 fully saturated rings. The minimum absolute atomic E-state index is 0.566. The van der Waals surface area contributed by atoms with Gasteiger partial charge in [-0.05, 0) is 53.6 Å². The van der Waals surface area contributed by atoms with Gasteiger partial charge in [-0.3, -0.25) is 0 Å². The molecule has 0 atom stereocenters. The van der Waals surface area contributed by atoms with E-state index in [-0.39, 0.29) is 0 Å². The third kappa shape index (κ3) is 4.52. The van der Waals surface area contributed by atoms with Crippen LogP contribution in [0.25, 0.3) is 94.7 Å². The standard InChI is InChI=1S/C45H28N4O/c1-5-14-29(15-6-1)32-24-26-38-37(28-32)40-39(49(38)33-20-11-4-12-21-33)27-25-35-34-22-13-23-36(41(34)50-42(35)40)45-47-43(30-16-7-2-8-17-30)46-44(48-45)31-18-9-3-10-19-31/h1-28H. The van der Waals surface area contributed by atoms with E-state index in [0.29, 0.717) is 17.5 Å². The third-order valence-corrected chi connectivity index (χ3v) is 9.45. The van der Waals surface area contributed by atoms with Gasteiger partial charge < -0.3 is 8.98 Å². The number of hydrogen-bond donors (Lipinski definition) is 0. The molecule has 0 amide bonds. The molecule has 3 aromatic heterocycles. The number of furan rings is 1. The molecular formula is C45H28N4O. The van der Waals surface area contributed by atoms with Gasteiger partial charge in [0.25, 0.3) is 0 Å². The van der Waals surface area contributed by atoms with Gasteiger partial charge in [0, 0.05) is 33.0 Å². The van der Waals surface area contributed by atoms with E-state index in [4.69, 9.17) is 19.4 Å². The zero-order chi connectivity index (χ0) is 33.0. The second-order valence-corrected chi connectivity index (χ2v) is 12.4. The molecule has 10 rings (SSSR count). The molecule has 5 heteroatoms. The van der Waals surface area contributed by atoms with Crippen LogP contribution in [0, 0.1) is 0 Å². The predicted octanol–water partition coefficient (Wildman–Crippen LogP) is 11.5. The molecule has 234 valence electrons. The fourth-order valence-corrected chi connectivity index (χ4v) is 7.13. The van der Waals surface area contributed by atoms with Crippen LogP contribution in [-0.2, 0) is 0 Å². The molecule has 0 saturated carbocycles. The van der Waals surface area contributed by atoms with Crippen molar-refractivity contribution < 1.29 is 4.42 Å². The van der Waals surface area contributed by atoms with Gasteiger partial charge >= 0.3 is 0 Å². The van der Waals surface area contributed by atoms with E-state index in [1.54, 1.807) is 0 Å². The molecule has 0 aliphatic heterocycles. The Balaban J connectivity index is 1.26. The number of nitrogens with zero attached hydrogens (tertiary/aromatic N) is 4. The van der Waals surface area contributed by atoms with Crippen molar-refractivity contribution in [2.24, 2.45) is 0 Å². The number of benzene rings is 7. The number of rotatable bonds is 5. The second kappa shape index (κ2) is 11.4. The van der Waals surface area contributed by atoms with Crippen LogP contribution in [0.15, 0.2) is 174 Å². The molecule has 0 spiro atoms. The first-order valence-electron chi connectivity index (χ1n) is 16.7. The maximum atomic E-state index is 7.03. The smallest absolute Gasteiger partial charge is 0.167 e. The largest absolute Gasteiger partial charge is 0.455 e. The van der Waals surface area contributed by atoms with Crippen LogP contribution in [0.3, 0.4) is 0 Å². The van der Waals surface area contributed by atoms with Crippen molar-refractivity contribution in [3.63, 3.8) is 0 Å². The number of para-hydroxylation sites is 2. The Labute approximate surface area is 287 Å². The lowest BCUT2D eigenvalue weighted by atomic mass is 10.0. The highest BCUT2D eigenvalue weighted by Gasteiger charge is 2.22. The lowest BCUT2D eigenvalue weighted by Crippen LogP contribution is -2.00. The topological polar surface area (TPSA) is 56.7 Å². The van der Waals surface area contributed by atoms with Gasteiger partial charge in [0.2, 0.25) is 0 Å². The molecule has 0 radical (unpaired) electrons. The van der Waals surface area contributed by atoms with Gasteiger partial charge in [0.15, 0.2) is 17.5 Å². The van der Waals surface area contributed by atoms with E-state index >= 15 is 0 Å². The Morgan fingerprint density at radius 3 is 1.60 bits per heavy atom. The molecule has 10 aromatic rings. The number of fused-ring (bicyclic) bond motifs is 7. The van der Waals surface area contributed by atoms with E-state index in [0.717, 1.165) is 71.7 Å². The SMILES string of the molecule is c1ccc(-c2ccc3c(c2)c2c4oc5c(-c6nc(-c7ccccc7)nc(-c7ccccc7)n6)cccc5c4ccc2n3-c2ccccc2)cc1. The average Bonchev–Trinajstić information content (AvgIpc) is 3.74. The molecule has 0 aliphatic rings. The molecule has 50 heavy (non-hydrogen) atoms. The fraction of sp³-hybridized carbons (Fsp3) is 0. The first-order valence-corrected chi connectivity index (χ1v) is 16.7. The monoisotopic (exact) mass is 640 g/mol. The molecule has 0 N–H and O–H groups in total. The predicted molar refractivity (Wildman–Crippen MR) is 203 cm³/mol. The van der Waals surface area contributed by atoms with Crippen molar-refractivity contribution in [1.82, 2.24) is 19.5 Å². The Bertz CT molecular complexity index is 2780. The minimum atomic E-state index is 0.566. The van der Waals surface area contributed by atoms with Crippen molar-refractivity contribution in [3.05, 3.63) is 170 Å². The van der Waals surface area contributed by atoms with Crippen LogP contribution in [0.5, 0.6) is 0 Å². The Kier molecular flexibility index (Phi) is 6.42. The summed E-state index contributed by atoms with van der Waals surface area (Å²) in [5.41, 5.74) is 9.90. The van der Waals surface area contributed by atoms with Gasteiger partial charge in [-0.15, -0.1) is 0 Å². The van der Waals surface area contributed by atoms with E-state index in [2.05, 4.69) is 108 Å². The summed E-state index contributed by atoms with van der Waals surface area (Å²) in [6.45, 7) is 0. The van der Waals surface area contributed by atoms with Crippen LogP contribution >= 0.6 is 0 Å². The molecule has 3 heterocycles. The summed E-state index contributed by atoms with van der Waals surface area (Å²) < 4.78 is 9.36. The molecule has 5 nitrogen and oxygen atoms in total. The number of hydrogen-bond acceptors (Lipinski definition) is 4. The Hall–Kier alpha value is -6.85. The highest BCUT2D eigenvalue weighted by molar-refractivity contribution is 6.25. The Morgan fingerprint density at radius 2 is 0.940 bits per heavy atom. The minimum Gasteiger partial charge on any atom is -0.455 e. The van der Waals surface area contributed by atoms with Gasteiger partial charge in [-0.2, -0.15) is 0 Å². The summed E-state index contributed by atoms with van der Waals surface area (Å²) in [5.74, 6) is 1.80. The van der Waals surface area contributed by atoms with Crippen molar-refractivity contribution in [2.75, 3.05) is 0 Å². The van der Waals surface area contributed by atoms with E-state index in [1.165, 1.54) is 5.56 Å². The normalized spacial score (nSPS) is 11.6. The second-order valence-electron chi connectivity index (χ2n) is 12.4. The molecule has 0 aliphatic carbocycles. The lowest BCUT2D eigenvalue weighted by Gasteiger charge is -2.08. The van der Waals surface area contributed by atoms with Gasteiger partial charge in [0.05, 0.1) is 22.0 Å². The summed E-state index contributed by atoms with van der Waals surface area (Å²) in [6, 6.07) is 58.5. The van der Waals surface area contributed by atoms with E-state index in [1.807, 2.05) is 66.7 Å². The first-order chi connectivity index (χ1) is 24.8. The highest BCUT2D eigenvalue weighted by Crippen LogP contribution is 2.43. The van der Waals surface area contributed by atoms with Gasteiger partial charge in [-0.1, -0.05) is 127 Å². The van der Waals surface area contributed by atoms with Crippen LogP contribution in [0.2, 0.25) is 0 Å². The molecule has 0 saturated heterocycles. The summed E-state index contributed by atoms with van der Waals surface area (Å²) >= 11 is 0. The van der Waals surface area contributed by atoms with Crippen LogP contribution in [0.4, 0.5) is 0 Å². The molecular weight excluding hydrogens is 613 g/mol. The van der Waals surface area contributed by atoms with Gasteiger partial charge in [-0.25, -0.2) is 15.0 Å². The van der Waals surface area contributed by atoms with Crippen molar-refractivity contribution in [1.29, 1.82) is 0 Å². The third-order valence-electron chi connectivity index (χ3n) is 9.45. The lowest BCUT2D eigenvalue weighted by molar-refractivity contribution is 0.673. The summed E-state index contributed by atoms with van der Waals surface area (Å²) in [5, 5.41) is 4.27. The molecule has 0 bridgehead atoms. The van der Waals surface area contributed by atoms with Gasteiger partial charge in [0.1, 0.15) is 11.2 Å². The summed E-state index contributed by atoms with van der Waals surface area (Å²) in [6.07, 6.45) is 0. The zero-order valence-electron chi connectivity index (χ0n) is 26.9. The summed E-state index contributed by atoms with van der Waals surface area (Å²) in [4.78, 5) is 15.0. The zero-order valence-corrected chi connectivity index (χ0v) is 26.9. The molecule has 0 unspecified atom stereocenters. The van der Waals surface area contributed by atoms with Crippen molar-refractivity contribution in [2.45, 2.75) is 0 Å². The van der Waals surface area contributed by atoms with Crippen LogP contribution in [0.1, 0.15) is 0 Å². The maximum Gasteiger partial charge on any atom is 0.167 e. The molecule has 7 aromatic carbocycles. The first kappa shape index (κ1) is 28.2. The van der Waals surface area contributed by atoms with Crippen LogP contribution < -0.4 is 0 Å².